The van der Waals surface area contributed by atoms with Crippen molar-refractivity contribution in [1.82, 2.24) is 0 Å². The van der Waals surface area contributed by atoms with E-state index >= 15 is 0 Å². The van der Waals surface area contributed by atoms with Crippen molar-refractivity contribution in [3.8, 4) is 5.75 Å². The number of carbonyl (C=O) groups excluding carboxylic acids is 1. The van der Waals surface area contributed by atoms with Crippen molar-refractivity contribution < 1.29 is 24.1 Å². The molecule has 1 aliphatic rings. The fraction of sp³-hybridized carbons (Fsp3) is 0.345. The van der Waals surface area contributed by atoms with Crippen LogP contribution in [0.1, 0.15) is 52.9 Å². The lowest BCUT2D eigenvalue weighted by Crippen LogP contribution is -2.35. The van der Waals surface area contributed by atoms with Crippen molar-refractivity contribution >= 4 is 23.3 Å². The average Bonchev–Trinajstić information content (AvgIpc) is 2.89. The minimum atomic E-state index is -0.470. The molecule has 6 nitrogen and oxygen atoms in total. The van der Waals surface area contributed by atoms with E-state index in [-0.39, 0.29) is 18.2 Å². The summed E-state index contributed by atoms with van der Waals surface area (Å²) in [6.45, 7) is 3.11. The van der Waals surface area contributed by atoms with Gasteiger partial charge in [-0.05, 0) is 66.4 Å². The van der Waals surface area contributed by atoms with E-state index in [0.29, 0.717) is 43.0 Å². The fourth-order valence-electron chi connectivity index (χ4n) is 4.46. The van der Waals surface area contributed by atoms with E-state index in [1.807, 2.05) is 49.4 Å². The van der Waals surface area contributed by atoms with E-state index in [1.54, 1.807) is 18.2 Å². The minimum Gasteiger partial charge on any atom is -0.494 e. The first-order valence-electron chi connectivity index (χ1n) is 12.2. The van der Waals surface area contributed by atoms with E-state index in [4.69, 9.17) is 25.8 Å². The molecule has 1 heterocycles. The number of nitrogens with one attached hydrogen (secondary N) is 1. The van der Waals surface area contributed by atoms with Gasteiger partial charge in [-0.15, -0.1) is 0 Å². The van der Waals surface area contributed by atoms with Crippen LogP contribution in [-0.4, -0.2) is 43.5 Å². The van der Waals surface area contributed by atoms with Gasteiger partial charge in [0.2, 0.25) is 0 Å². The molecule has 0 unspecified atom stereocenters. The monoisotopic (exact) mass is 509 g/mol. The first kappa shape index (κ1) is 26.0. The Morgan fingerprint density at radius 3 is 2.67 bits per heavy atom. The molecular weight excluding hydrogens is 478 g/mol. The highest BCUT2D eigenvalue weighted by Gasteiger charge is 2.29. The molecule has 1 saturated heterocycles. The Hall–Kier alpha value is -3.06. The van der Waals surface area contributed by atoms with Crippen LogP contribution in [0.2, 0.25) is 5.02 Å². The number of benzene rings is 3. The van der Waals surface area contributed by atoms with Crippen molar-refractivity contribution in [3.05, 3.63) is 94.0 Å². The number of hydrogen-bond donors (Lipinski definition) is 2. The molecule has 4 rings (SSSR count). The molecule has 36 heavy (non-hydrogen) atoms. The molecule has 2 N–H and O–H groups in total. The molecule has 3 atom stereocenters. The van der Waals surface area contributed by atoms with Gasteiger partial charge in [0.25, 0.3) is 0 Å². The first-order valence-corrected chi connectivity index (χ1v) is 12.6. The summed E-state index contributed by atoms with van der Waals surface area (Å²) < 4.78 is 16.7. The number of ether oxygens (including phenoxy) is 3. The molecule has 3 aromatic carbocycles. The van der Waals surface area contributed by atoms with Gasteiger partial charge in [0.05, 0.1) is 37.6 Å². The highest BCUT2D eigenvalue weighted by Crippen LogP contribution is 2.34. The van der Waals surface area contributed by atoms with E-state index < -0.39 is 6.10 Å². The molecule has 0 spiro atoms. The lowest BCUT2D eigenvalue weighted by Gasteiger charge is -2.34. The molecule has 0 bridgehead atoms. The summed E-state index contributed by atoms with van der Waals surface area (Å²) in [4.78, 5) is 11.8. The molecule has 7 heteroatoms. The summed E-state index contributed by atoms with van der Waals surface area (Å²) in [5.41, 5.74) is 4.42. The highest BCUT2D eigenvalue weighted by atomic mass is 35.5. The summed E-state index contributed by atoms with van der Waals surface area (Å²) in [5, 5.41) is 14.6. The molecule has 1 aliphatic heterocycles. The van der Waals surface area contributed by atoms with Crippen LogP contribution in [0.5, 0.6) is 5.75 Å². The summed E-state index contributed by atoms with van der Waals surface area (Å²) in [7, 11) is 1.36. The third-order valence-corrected chi connectivity index (χ3v) is 6.63. The lowest BCUT2D eigenvalue weighted by molar-refractivity contribution is -0.0916. The fourth-order valence-corrected chi connectivity index (χ4v) is 4.65. The Morgan fingerprint density at radius 1 is 1.11 bits per heavy atom. The molecular formula is C29H32ClNO5. The number of anilines is 1. The van der Waals surface area contributed by atoms with Crippen LogP contribution in [0.25, 0.3) is 0 Å². The zero-order valence-corrected chi connectivity index (χ0v) is 21.3. The van der Waals surface area contributed by atoms with Gasteiger partial charge in [0.15, 0.2) is 0 Å². The predicted molar refractivity (Wildman–Crippen MR) is 141 cm³/mol. The second-order valence-electron chi connectivity index (χ2n) is 8.93. The van der Waals surface area contributed by atoms with Gasteiger partial charge in [-0.3, -0.25) is 0 Å². The van der Waals surface area contributed by atoms with Gasteiger partial charge in [0.1, 0.15) is 5.75 Å². The largest absolute Gasteiger partial charge is 0.494 e. The van der Waals surface area contributed by atoms with E-state index in [0.717, 1.165) is 28.1 Å². The van der Waals surface area contributed by atoms with Crippen LogP contribution in [-0.2, 0) is 15.9 Å². The van der Waals surface area contributed by atoms with Gasteiger partial charge in [-0.2, -0.15) is 0 Å². The quantitative estimate of drug-likeness (QED) is 0.354. The number of aliphatic hydroxyl groups is 1. The molecule has 0 radical (unpaired) electrons. The van der Waals surface area contributed by atoms with Gasteiger partial charge in [-0.1, -0.05) is 41.9 Å². The number of carbonyl (C=O) groups is 1. The van der Waals surface area contributed by atoms with Gasteiger partial charge in [0, 0.05) is 30.1 Å². The second kappa shape index (κ2) is 12.3. The molecule has 1 fully saturated rings. The summed E-state index contributed by atoms with van der Waals surface area (Å²) >= 11 is 6.53. The summed E-state index contributed by atoms with van der Waals surface area (Å²) in [6, 6.07) is 21.1. The van der Waals surface area contributed by atoms with Gasteiger partial charge >= 0.3 is 5.97 Å². The standard InChI is InChI=1S/C29H32ClNO5/c1-3-35-25-10-7-19(8-11-25)13-22-14-20(9-12-27(22)30)28-17-24(32)16-26(36-28)18-31-23-6-4-5-21(15-23)29(33)34-2/h4-12,14-15,24,26,28,31-32H,3,13,16-18H2,1-2H3/t24-,26-,28+/m0/s1. The Labute approximate surface area is 217 Å². The van der Waals surface area contributed by atoms with Crippen molar-refractivity contribution in [1.29, 1.82) is 0 Å². The highest BCUT2D eigenvalue weighted by molar-refractivity contribution is 6.31. The van der Waals surface area contributed by atoms with E-state index in [2.05, 4.69) is 11.4 Å². The third-order valence-electron chi connectivity index (χ3n) is 6.27. The maximum atomic E-state index is 11.8. The minimum absolute atomic E-state index is 0.189. The van der Waals surface area contributed by atoms with Crippen LogP contribution in [0.4, 0.5) is 5.69 Å². The maximum absolute atomic E-state index is 11.8. The van der Waals surface area contributed by atoms with Crippen LogP contribution in [0.15, 0.2) is 66.7 Å². The number of halogens is 1. The second-order valence-corrected chi connectivity index (χ2v) is 9.34. The molecule has 190 valence electrons. The van der Waals surface area contributed by atoms with Gasteiger partial charge in [-0.25, -0.2) is 4.79 Å². The zero-order chi connectivity index (χ0) is 25.5. The molecule has 0 aliphatic carbocycles. The summed E-state index contributed by atoms with van der Waals surface area (Å²) in [6.07, 6.45) is 0.854. The van der Waals surface area contributed by atoms with E-state index in [1.165, 1.54) is 7.11 Å². The molecule has 0 amide bonds. The Morgan fingerprint density at radius 2 is 1.92 bits per heavy atom. The van der Waals surface area contributed by atoms with Crippen LogP contribution in [0, 0.1) is 0 Å². The van der Waals surface area contributed by atoms with Crippen molar-refractivity contribution in [2.75, 3.05) is 25.6 Å². The number of rotatable bonds is 9. The molecule has 0 aromatic heterocycles. The van der Waals surface area contributed by atoms with Crippen molar-refractivity contribution in [3.63, 3.8) is 0 Å². The van der Waals surface area contributed by atoms with Crippen molar-refractivity contribution in [2.45, 2.75) is 44.5 Å². The number of methoxy groups -OCH3 is 1. The average molecular weight is 510 g/mol. The van der Waals surface area contributed by atoms with Crippen LogP contribution in [0.3, 0.4) is 0 Å². The topological polar surface area (TPSA) is 77.0 Å². The van der Waals surface area contributed by atoms with Gasteiger partial charge < -0.3 is 24.6 Å². The van der Waals surface area contributed by atoms with Crippen molar-refractivity contribution in [2.24, 2.45) is 0 Å². The Kier molecular flexibility index (Phi) is 8.86. The first-order chi connectivity index (χ1) is 17.4. The smallest absolute Gasteiger partial charge is 0.337 e. The van der Waals surface area contributed by atoms with Crippen LogP contribution >= 0.6 is 11.6 Å². The normalized spacial score (nSPS) is 19.5. The maximum Gasteiger partial charge on any atom is 0.337 e. The Balaban J connectivity index is 1.42. The number of esters is 1. The van der Waals surface area contributed by atoms with Crippen LogP contribution < -0.4 is 10.1 Å². The number of aliphatic hydroxyl groups excluding tert-OH is 1. The third kappa shape index (κ3) is 6.78. The van der Waals surface area contributed by atoms with E-state index in [9.17, 15) is 9.90 Å². The SMILES string of the molecule is CCOc1ccc(Cc2cc([C@H]3C[C@@H](O)C[C@@H](CNc4cccc(C(=O)OC)c4)O3)ccc2Cl)cc1. The number of hydrogen-bond acceptors (Lipinski definition) is 6. The molecule has 3 aromatic rings. The molecule has 0 saturated carbocycles. The zero-order valence-electron chi connectivity index (χ0n) is 20.6. The lowest BCUT2D eigenvalue weighted by atomic mass is 9.93. The Bertz CT molecular complexity index is 1170. The predicted octanol–water partition coefficient (Wildman–Crippen LogP) is 5.81. The summed E-state index contributed by atoms with van der Waals surface area (Å²) in [5.74, 6) is 0.467.